The summed E-state index contributed by atoms with van der Waals surface area (Å²) in [5.41, 5.74) is 0.408. The Balaban J connectivity index is 0.00000180. The number of imidazole rings is 1. The Morgan fingerprint density at radius 1 is 1.37 bits per heavy atom. The predicted octanol–water partition coefficient (Wildman–Crippen LogP) is -1.44. The summed E-state index contributed by atoms with van der Waals surface area (Å²) in [6.45, 7) is 0. The summed E-state index contributed by atoms with van der Waals surface area (Å²) in [5.74, 6) is 0. The zero-order chi connectivity index (χ0) is 13.3. The molecule has 0 radical (unpaired) electrons. The first kappa shape index (κ1) is 17.1. The number of H-pyrrole nitrogens is 2. The summed E-state index contributed by atoms with van der Waals surface area (Å²) in [4.78, 5) is 4.99. The number of hydrogen-bond donors (Lipinski definition) is 3. The summed E-state index contributed by atoms with van der Waals surface area (Å²) >= 11 is 5.35. The molecular formula is C7H5N2NaO6S3. The molecule has 0 bridgehead atoms. The molecule has 1 heterocycles. The van der Waals surface area contributed by atoms with E-state index in [4.69, 9.17) is 17.5 Å². The molecule has 0 aliphatic carbocycles. The molecule has 0 amide bonds. The topological polar surface area (TPSA) is 127 Å². The van der Waals surface area contributed by atoms with Crippen molar-refractivity contribution in [2.24, 2.45) is 0 Å². The van der Waals surface area contributed by atoms with Crippen molar-refractivity contribution >= 4 is 45.4 Å². The summed E-state index contributed by atoms with van der Waals surface area (Å²) < 4.78 is 37.7. The van der Waals surface area contributed by atoms with Crippen LogP contribution in [0.4, 0.5) is 0 Å². The van der Waals surface area contributed by atoms with Crippen molar-refractivity contribution in [1.82, 2.24) is 9.97 Å². The molecule has 1 aromatic carbocycles. The molecule has 2 rings (SSSR count). The molecule has 0 aliphatic rings. The SMILES string of the molecule is O=S(=O)([O-])c1cc(SOOO)cc2[nH]c(=S)[nH]c12.[Na+]. The Bertz CT molecular complexity index is 739. The maximum absolute atomic E-state index is 11.1. The van der Waals surface area contributed by atoms with E-state index < -0.39 is 15.0 Å². The minimum atomic E-state index is -4.68. The first-order valence-corrected chi connectivity index (χ1v) is 6.84. The van der Waals surface area contributed by atoms with Gasteiger partial charge in [0.25, 0.3) is 0 Å². The van der Waals surface area contributed by atoms with E-state index in [1.54, 1.807) is 0 Å². The molecule has 1 aromatic heterocycles. The number of nitrogens with one attached hydrogen (secondary N) is 2. The number of aromatic nitrogens is 2. The molecule has 0 saturated heterocycles. The van der Waals surface area contributed by atoms with Crippen LogP contribution < -0.4 is 29.6 Å². The number of hydrogen-bond acceptors (Lipinski definition) is 8. The third-order valence-corrected chi connectivity index (χ3v) is 3.61. The van der Waals surface area contributed by atoms with Gasteiger partial charge in [-0.05, 0) is 24.4 Å². The van der Waals surface area contributed by atoms with Gasteiger partial charge in [-0.2, -0.15) is 0 Å². The van der Waals surface area contributed by atoms with E-state index in [9.17, 15) is 13.0 Å². The minimum Gasteiger partial charge on any atom is -0.744 e. The molecule has 12 heteroatoms. The second-order valence-electron chi connectivity index (χ2n) is 3.10. The Morgan fingerprint density at radius 2 is 2.05 bits per heavy atom. The number of rotatable bonds is 4. The maximum atomic E-state index is 11.1. The van der Waals surface area contributed by atoms with Gasteiger partial charge >= 0.3 is 29.6 Å². The molecule has 8 nitrogen and oxygen atoms in total. The molecule has 98 valence electrons. The summed E-state index contributed by atoms with van der Waals surface area (Å²) in [6, 6.07) is 2.55. The van der Waals surface area contributed by atoms with Crippen LogP contribution in [0, 0.1) is 4.77 Å². The molecule has 0 aliphatic heterocycles. The van der Waals surface area contributed by atoms with Gasteiger partial charge in [-0.3, -0.25) is 0 Å². The Morgan fingerprint density at radius 3 is 2.63 bits per heavy atom. The van der Waals surface area contributed by atoms with Crippen LogP contribution in [0.15, 0.2) is 21.9 Å². The van der Waals surface area contributed by atoms with Gasteiger partial charge in [0.15, 0.2) is 4.77 Å². The van der Waals surface area contributed by atoms with E-state index in [1.807, 2.05) is 0 Å². The van der Waals surface area contributed by atoms with Crippen molar-refractivity contribution in [2.45, 2.75) is 9.79 Å². The van der Waals surface area contributed by atoms with E-state index in [2.05, 4.69) is 19.3 Å². The zero-order valence-corrected chi connectivity index (χ0v) is 13.8. The molecular weight excluding hydrogens is 327 g/mol. The third kappa shape index (κ3) is 4.01. The Labute approximate surface area is 138 Å². The van der Waals surface area contributed by atoms with Crippen LogP contribution in [0.25, 0.3) is 11.0 Å². The van der Waals surface area contributed by atoms with Gasteiger partial charge in [0.05, 0.1) is 28.0 Å². The molecule has 3 N–H and O–H groups in total. The number of fused-ring (bicyclic) bond motifs is 1. The van der Waals surface area contributed by atoms with Crippen molar-refractivity contribution < 1.29 is 57.2 Å². The average Bonchev–Trinajstić information content (AvgIpc) is 2.63. The van der Waals surface area contributed by atoms with Gasteiger partial charge in [-0.1, -0.05) is 5.04 Å². The largest absolute Gasteiger partial charge is 1.00 e. The molecule has 0 atom stereocenters. The van der Waals surface area contributed by atoms with Gasteiger partial charge in [0.2, 0.25) is 0 Å². The number of benzene rings is 1. The third-order valence-electron chi connectivity index (χ3n) is 1.99. The standard InChI is InChI=1S/C7H6N2O6S3.Na/c10-14-15-17-3-1-4-6(9-7(16)8-4)5(2-3)18(11,12)13;/h1-2,10H,(H2,8,9,16)(H,11,12,13);/q;+1/p-1. The van der Waals surface area contributed by atoms with Gasteiger partial charge in [0.1, 0.15) is 10.1 Å². The molecule has 0 saturated carbocycles. The van der Waals surface area contributed by atoms with Crippen molar-refractivity contribution in [3.05, 3.63) is 16.9 Å². The van der Waals surface area contributed by atoms with Crippen LogP contribution in [0.3, 0.4) is 0 Å². The first-order chi connectivity index (χ1) is 8.41. The number of aromatic amines is 2. The Hall–Kier alpha value is 0.0500. The molecule has 0 unspecified atom stereocenters. The van der Waals surface area contributed by atoms with Gasteiger partial charge in [-0.25, -0.2) is 13.7 Å². The normalized spacial score (nSPS) is 11.5. The zero-order valence-electron chi connectivity index (χ0n) is 9.37. The molecule has 19 heavy (non-hydrogen) atoms. The van der Waals surface area contributed by atoms with Gasteiger partial charge < -0.3 is 14.5 Å². The van der Waals surface area contributed by atoms with E-state index >= 15 is 0 Å². The smallest absolute Gasteiger partial charge is 0.744 e. The molecule has 0 fully saturated rings. The monoisotopic (exact) mass is 332 g/mol. The predicted molar refractivity (Wildman–Crippen MR) is 62.1 cm³/mol. The van der Waals surface area contributed by atoms with E-state index in [0.29, 0.717) is 17.6 Å². The maximum Gasteiger partial charge on any atom is 1.00 e. The fourth-order valence-corrected chi connectivity index (χ4v) is 2.79. The summed E-state index contributed by atoms with van der Waals surface area (Å²) in [7, 11) is -4.68. The van der Waals surface area contributed by atoms with Gasteiger partial charge in [-0.15, -0.1) is 4.33 Å². The average molecular weight is 332 g/mol. The Kier molecular flexibility index (Phi) is 6.00. The van der Waals surface area contributed by atoms with Crippen LogP contribution in [0.2, 0.25) is 0 Å². The molecule has 0 spiro atoms. The minimum absolute atomic E-state index is 0. The van der Waals surface area contributed by atoms with E-state index in [1.165, 1.54) is 6.07 Å². The van der Waals surface area contributed by atoms with E-state index in [0.717, 1.165) is 6.07 Å². The van der Waals surface area contributed by atoms with Crippen molar-refractivity contribution in [3.8, 4) is 0 Å². The summed E-state index contributed by atoms with van der Waals surface area (Å²) in [5, 5.41) is 11.4. The summed E-state index contributed by atoms with van der Waals surface area (Å²) in [6.07, 6.45) is 0. The van der Waals surface area contributed by atoms with Gasteiger partial charge in [0, 0.05) is 4.90 Å². The van der Waals surface area contributed by atoms with Crippen LogP contribution in [-0.2, 0) is 19.5 Å². The first-order valence-electron chi connectivity index (χ1n) is 4.28. The van der Waals surface area contributed by atoms with Crippen molar-refractivity contribution in [1.29, 1.82) is 0 Å². The van der Waals surface area contributed by atoms with E-state index in [-0.39, 0.29) is 44.7 Å². The van der Waals surface area contributed by atoms with Crippen LogP contribution in [0.1, 0.15) is 0 Å². The quantitative estimate of drug-likeness (QED) is 0.155. The van der Waals surface area contributed by atoms with Crippen molar-refractivity contribution in [3.63, 3.8) is 0 Å². The van der Waals surface area contributed by atoms with Crippen LogP contribution in [0.5, 0.6) is 0 Å². The second kappa shape index (κ2) is 6.67. The van der Waals surface area contributed by atoms with Crippen LogP contribution >= 0.6 is 24.3 Å². The molecule has 2 aromatic rings. The van der Waals surface area contributed by atoms with Crippen LogP contribution in [-0.4, -0.2) is 28.2 Å². The fraction of sp³-hybridized carbons (Fsp3) is 0. The fourth-order valence-electron chi connectivity index (χ4n) is 1.38. The second-order valence-corrected chi connectivity index (χ2v) is 5.63. The van der Waals surface area contributed by atoms with Crippen molar-refractivity contribution in [2.75, 3.05) is 0 Å².